The van der Waals surface area contributed by atoms with Gasteiger partial charge in [0.1, 0.15) is 0 Å². The van der Waals surface area contributed by atoms with Crippen LogP contribution in [0.2, 0.25) is 0 Å². The fourth-order valence-corrected chi connectivity index (χ4v) is 4.48. The quantitative estimate of drug-likeness (QED) is 0.933. The molecular formula is C16H26N2O2S. The molecule has 0 amide bonds. The van der Waals surface area contributed by atoms with Gasteiger partial charge in [0.05, 0.1) is 4.90 Å². The maximum absolute atomic E-state index is 12.7. The molecule has 1 heterocycles. The summed E-state index contributed by atoms with van der Waals surface area (Å²) < 4.78 is 27.0. The normalized spacial score (nSPS) is 18.9. The van der Waals surface area contributed by atoms with Crippen LogP contribution in [0, 0.1) is 11.3 Å². The molecule has 4 nitrogen and oxygen atoms in total. The standard InChI is InChI=1S/C16H26N2O2S/c1-16(2,3)14-7-9-18(10-8-14)21(19,20)15-6-4-5-13(11-15)12-17/h4-6,11,14H,7-10,12,17H2,1-3H3. The van der Waals surface area contributed by atoms with Crippen LogP contribution < -0.4 is 5.73 Å². The van der Waals surface area contributed by atoms with Crippen molar-refractivity contribution in [1.82, 2.24) is 4.31 Å². The Balaban J connectivity index is 2.15. The number of nitrogens with two attached hydrogens (primary N) is 1. The summed E-state index contributed by atoms with van der Waals surface area (Å²) in [5.41, 5.74) is 6.69. The first-order valence-electron chi connectivity index (χ1n) is 7.54. The Bertz CT molecular complexity index is 583. The van der Waals surface area contributed by atoms with E-state index in [1.54, 1.807) is 22.5 Å². The number of benzene rings is 1. The van der Waals surface area contributed by atoms with E-state index in [0.29, 0.717) is 30.4 Å². The molecule has 1 aromatic carbocycles. The van der Waals surface area contributed by atoms with Gasteiger partial charge in [0.25, 0.3) is 0 Å². The molecular weight excluding hydrogens is 284 g/mol. The summed E-state index contributed by atoms with van der Waals surface area (Å²) in [5.74, 6) is 0.583. The van der Waals surface area contributed by atoms with E-state index in [-0.39, 0.29) is 5.41 Å². The highest BCUT2D eigenvalue weighted by atomic mass is 32.2. The lowest BCUT2D eigenvalue weighted by atomic mass is 9.76. The molecule has 0 spiro atoms. The SMILES string of the molecule is CC(C)(C)C1CCN(S(=O)(=O)c2cccc(CN)c2)CC1. The Kier molecular flexibility index (Phi) is 4.76. The fourth-order valence-electron chi connectivity index (χ4n) is 2.94. The molecule has 2 rings (SSSR count). The Morgan fingerprint density at radius 2 is 1.86 bits per heavy atom. The van der Waals surface area contributed by atoms with Crippen LogP contribution in [-0.2, 0) is 16.6 Å². The average molecular weight is 310 g/mol. The van der Waals surface area contributed by atoms with Gasteiger partial charge in [-0.1, -0.05) is 32.9 Å². The number of sulfonamides is 1. The van der Waals surface area contributed by atoms with Crippen molar-refractivity contribution in [3.8, 4) is 0 Å². The van der Waals surface area contributed by atoms with E-state index in [0.717, 1.165) is 18.4 Å². The minimum absolute atomic E-state index is 0.245. The molecule has 1 aromatic rings. The molecule has 5 heteroatoms. The lowest BCUT2D eigenvalue weighted by Crippen LogP contribution is -2.41. The van der Waals surface area contributed by atoms with Gasteiger partial charge in [-0.2, -0.15) is 4.31 Å². The summed E-state index contributed by atoms with van der Waals surface area (Å²) >= 11 is 0. The molecule has 0 saturated carbocycles. The highest BCUT2D eigenvalue weighted by Crippen LogP contribution is 2.35. The molecule has 0 bridgehead atoms. The fraction of sp³-hybridized carbons (Fsp3) is 0.625. The number of nitrogens with zero attached hydrogens (tertiary/aromatic N) is 1. The molecule has 0 aliphatic carbocycles. The lowest BCUT2D eigenvalue weighted by Gasteiger charge is -2.38. The van der Waals surface area contributed by atoms with E-state index >= 15 is 0 Å². The molecule has 0 atom stereocenters. The topological polar surface area (TPSA) is 63.4 Å². The van der Waals surface area contributed by atoms with E-state index in [4.69, 9.17) is 5.73 Å². The minimum Gasteiger partial charge on any atom is -0.326 e. The van der Waals surface area contributed by atoms with Crippen LogP contribution in [-0.4, -0.2) is 25.8 Å². The summed E-state index contributed by atoms with van der Waals surface area (Å²) in [7, 11) is -3.39. The summed E-state index contributed by atoms with van der Waals surface area (Å²) in [5, 5.41) is 0. The van der Waals surface area contributed by atoms with Crippen molar-refractivity contribution in [2.24, 2.45) is 17.1 Å². The second-order valence-electron chi connectivity index (χ2n) is 6.90. The van der Waals surface area contributed by atoms with E-state index in [1.807, 2.05) is 6.07 Å². The van der Waals surface area contributed by atoms with Gasteiger partial charge in [-0.15, -0.1) is 0 Å². The third-order valence-corrected chi connectivity index (χ3v) is 6.35. The van der Waals surface area contributed by atoms with Crippen LogP contribution in [0.5, 0.6) is 0 Å². The van der Waals surface area contributed by atoms with E-state index < -0.39 is 10.0 Å². The van der Waals surface area contributed by atoms with Gasteiger partial charge in [-0.05, 0) is 41.9 Å². The maximum Gasteiger partial charge on any atom is 0.243 e. The Morgan fingerprint density at radius 1 is 1.24 bits per heavy atom. The highest BCUT2D eigenvalue weighted by molar-refractivity contribution is 7.89. The summed E-state index contributed by atoms with van der Waals surface area (Å²) in [4.78, 5) is 0.361. The van der Waals surface area contributed by atoms with Crippen molar-refractivity contribution >= 4 is 10.0 Å². The predicted octanol–water partition coefficient (Wildman–Crippen LogP) is 2.59. The second-order valence-corrected chi connectivity index (χ2v) is 8.83. The number of rotatable bonds is 3. The van der Waals surface area contributed by atoms with Crippen molar-refractivity contribution in [2.75, 3.05) is 13.1 Å². The monoisotopic (exact) mass is 310 g/mol. The van der Waals surface area contributed by atoms with Gasteiger partial charge in [0.2, 0.25) is 10.0 Å². The van der Waals surface area contributed by atoms with Crippen molar-refractivity contribution in [1.29, 1.82) is 0 Å². The molecule has 0 radical (unpaired) electrons. The zero-order chi connectivity index (χ0) is 15.7. The maximum atomic E-state index is 12.7. The van der Waals surface area contributed by atoms with Gasteiger partial charge in [-0.3, -0.25) is 0 Å². The molecule has 1 aliphatic heterocycles. The molecule has 1 aliphatic rings. The predicted molar refractivity (Wildman–Crippen MR) is 85.3 cm³/mol. The van der Waals surface area contributed by atoms with Gasteiger partial charge < -0.3 is 5.73 Å². The number of hydrogen-bond donors (Lipinski definition) is 1. The Hall–Kier alpha value is -0.910. The summed E-state index contributed by atoms with van der Waals surface area (Å²) in [6.07, 6.45) is 1.86. The van der Waals surface area contributed by atoms with Crippen molar-refractivity contribution in [3.05, 3.63) is 29.8 Å². The lowest BCUT2D eigenvalue weighted by molar-refractivity contribution is 0.154. The van der Waals surface area contributed by atoms with Crippen molar-refractivity contribution < 1.29 is 8.42 Å². The van der Waals surface area contributed by atoms with Crippen molar-refractivity contribution in [2.45, 2.75) is 45.1 Å². The van der Waals surface area contributed by atoms with Crippen LogP contribution in [0.1, 0.15) is 39.2 Å². The van der Waals surface area contributed by atoms with Crippen LogP contribution >= 0.6 is 0 Å². The molecule has 0 aromatic heterocycles. The van der Waals surface area contributed by atoms with Crippen molar-refractivity contribution in [3.63, 3.8) is 0 Å². The average Bonchev–Trinajstić information content (AvgIpc) is 2.46. The number of hydrogen-bond acceptors (Lipinski definition) is 3. The minimum atomic E-state index is -3.39. The van der Waals surface area contributed by atoms with Gasteiger partial charge in [-0.25, -0.2) is 8.42 Å². The highest BCUT2D eigenvalue weighted by Gasteiger charge is 2.33. The van der Waals surface area contributed by atoms with E-state index in [2.05, 4.69) is 20.8 Å². The molecule has 1 fully saturated rings. The van der Waals surface area contributed by atoms with Gasteiger partial charge in [0.15, 0.2) is 0 Å². The van der Waals surface area contributed by atoms with Gasteiger partial charge >= 0.3 is 0 Å². The first-order chi connectivity index (χ1) is 9.75. The smallest absolute Gasteiger partial charge is 0.243 e. The van der Waals surface area contributed by atoms with E-state index in [1.165, 1.54) is 0 Å². The molecule has 0 unspecified atom stereocenters. The van der Waals surface area contributed by atoms with Gasteiger partial charge in [0, 0.05) is 19.6 Å². The molecule has 1 saturated heterocycles. The third kappa shape index (κ3) is 3.65. The van der Waals surface area contributed by atoms with Crippen LogP contribution in [0.25, 0.3) is 0 Å². The zero-order valence-corrected chi connectivity index (χ0v) is 14.0. The van der Waals surface area contributed by atoms with E-state index in [9.17, 15) is 8.42 Å². The molecule has 21 heavy (non-hydrogen) atoms. The van der Waals surface area contributed by atoms with Crippen LogP contribution in [0.4, 0.5) is 0 Å². The second kappa shape index (κ2) is 6.07. The number of piperidine rings is 1. The molecule has 2 N–H and O–H groups in total. The first-order valence-corrected chi connectivity index (χ1v) is 8.98. The summed E-state index contributed by atoms with van der Waals surface area (Å²) in [6, 6.07) is 6.96. The van der Waals surface area contributed by atoms with Crippen LogP contribution in [0.15, 0.2) is 29.2 Å². The van der Waals surface area contributed by atoms with Crippen LogP contribution in [0.3, 0.4) is 0 Å². The largest absolute Gasteiger partial charge is 0.326 e. The summed E-state index contributed by atoms with van der Waals surface area (Å²) in [6.45, 7) is 8.26. The Labute approximate surface area is 128 Å². The third-order valence-electron chi connectivity index (χ3n) is 4.45. The zero-order valence-electron chi connectivity index (χ0n) is 13.2. The Morgan fingerprint density at radius 3 is 2.38 bits per heavy atom. The molecule has 118 valence electrons. The first kappa shape index (κ1) is 16.5.